The average Bonchev–Trinajstić information content (AvgIpc) is 2.62. The molecule has 1 aliphatic rings. The molecule has 0 spiro atoms. The summed E-state index contributed by atoms with van der Waals surface area (Å²) in [5, 5.41) is 9.53. The second-order valence-electron chi connectivity index (χ2n) is 5.58. The first-order chi connectivity index (χ1) is 12.5. The van der Waals surface area contributed by atoms with Gasteiger partial charge in [-0.15, -0.1) is 11.6 Å². The number of alkyl halides is 1. The van der Waals surface area contributed by atoms with E-state index < -0.39 is 11.9 Å². The van der Waals surface area contributed by atoms with Gasteiger partial charge in [-0.3, -0.25) is 0 Å². The van der Waals surface area contributed by atoms with Crippen molar-refractivity contribution in [3.63, 3.8) is 0 Å². The highest BCUT2D eigenvalue weighted by atomic mass is 35.5. The summed E-state index contributed by atoms with van der Waals surface area (Å²) in [6, 6.07) is 9.20. The number of ether oxygens (including phenoxy) is 3. The molecule has 6 nitrogen and oxygen atoms in total. The molecule has 0 aromatic heterocycles. The van der Waals surface area contributed by atoms with Gasteiger partial charge in [-0.05, 0) is 38.0 Å². The van der Waals surface area contributed by atoms with Gasteiger partial charge in [-0.25, -0.2) is 4.79 Å². The number of rotatable bonds is 7. The van der Waals surface area contributed by atoms with Gasteiger partial charge in [0.25, 0.3) is 0 Å². The summed E-state index contributed by atoms with van der Waals surface area (Å²) >= 11 is 5.64. The summed E-state index contributed by atoms with van der Waals surface area (Å²) in [7, 11) is 0. The maximum absolute atomic E-state index is 12.4. The van der Waals surface area contributed by atoms with Gasteiger partial charge in [-0.1, -0.05) is 12.1 Å². The van der Waals surface area contributed by atoms with E-state index in [9.17, 15) is 10.1 Å². The van der Waals surface area contributed by atoms with Gasteiger partial charge in [0.2, 0.25) is 5.88 Å². The first-order valence-corrected chi connectivity index (χ1v) is 8.81. The van der Waals surface area contributed by atoms with Gasteiger partial charge in [0.05, 0.1) is 24.7 Å². The van der Waals surface area contributed by atoms with E-state index in [-0.39, 0.29) is 23.6 Å². The van der Waals surface area contributed by atoms with E-state index in [0.29, 0.717) is 24.0 Å². The molecule has 26 heavy (non-hydrogen) atoms. The Morgan fingerprint density at radius 2 is 2.08 bits per heavy atom. The summed E-state index contributed by atoms with van der Waals surface area (Å²) in [6.07, 6.45) is 0.746. The lowest BCUT2D eigenvalue weighted by Crippen LogP contribution is -2.25. The third kappa shape index (κ3) is 4.30. The second-order valence-corrected chi connectivity index (χ2v) is 5.95. The van der Waals surface area contributed by atoms with Crippen molar-refractivity contribution in [3.8, 4) is 11.8 Å². The fourth-order valence-electron chi connectivity index (χ4n) is 2.69. The third-order valence-electron chi connectivity index (χ3n) is 3.86. The van der Waals surface area contributed by atoms with Crippen LogP contribution in [0.3, 0.4) is 0 Å². The van der Waals surface area contributed by atoms with Crippen molar-refractivity contribution in [3.05, 3.63) is 52.6 Å². The van der Waals surface area contributed by atoms with Crippen LogP contribution >= 0.6 is 11.6 Å². The molecule has 1 atom stereocenters. The van der Waals surface area contributed by atoms with Gasteiger partial charge in [0.15, 0.2) is 0 Å². The maximum Gasteiger partial charge on any atom is 0.338 e. The average molecular weight is 377 g/mol. The predicted octanol–water partition coefficient (Wildman–Crippen LogP) is 3.34. The molecule has 1 heterocycles. The van der Waals surface area contributed by atoms with Crippen molar-refractivity contribution in [1.82, 2.24) is 0 Å². The van der Waals surface area contributed by atoms with Crippen LogP contribution in [0.15, 0.2) is 47.1 Å². The van der Waals surface area contributed by atoms with E-state index in [0.717, 1.165) is 12.0 Å². The van der Waals surface area contributed by atoms with Crippen molar-refractivity contribution >= 4 is 17.6 Å². The summed E-state index contributed by atoms with van der Waals surface area (Å²) in [5.41, 5.74) is 7.04. The van der Waals surface area contributed by atoms with Crippen molar-refractivity contribution in [1.29, 1.82) is 5.26 Å². The number of nitriles is 1. The third-order valence-corrected chi connectivity index (χ3v) is 4.13. The first-order valence-electron chi connectivity index (χ1n) is 8.27. The number of nitrogens with two attached hydrogens (primary N) is 1. The zero-order valence-electron chi connectivity index (χ0n) is 14.8. The molecule has 0 fully saturated rings. The highest BCUT2D eigenvalue weighted by Gasteiger charge is 2.36. The molecule has 2 rings (SSSR count). The van der Waals surface area contributed by atoms with Gasteiger partial charge < -0.3 is 19.9 Å². The molecule has 2 N–H and O–H groups in total. The van der Waals surface area contributed by atoms with Gasteiger partial charge in [0, 0.05) is 5.88 Å². The van der Waals surface area contributed by atoms with Gasteiger partial charge >= 0.3 is 5.97 Å². The van der Waals surface area contributed by atoms with Crippen LogP contribution in [0.4, 0.5) is 0 Å². The molecule has 1 aromatic rings. The number of hydrogen-bond donors (Lipinski definition) is 1. The lowest BCUT2D eigenvalue weighted by Gasteiger charge is -2.26. The quantitative estimate of drug-likeness (QED) is 0.445. The Hall–Kier alpha value is -2.65. The van der Waals surface area contributed by atoms with E-state index in [1.165, 1.54) is 0 Å². The molecule has 0 bridgehead atoms. The fourth-order valence-corrected chi connectivity index (χ4v) is 2.80. The zero-order valence-corrected chi connectivity index (χ0v) is 15.5. The molecule has 7 heteroatoms. The van der Waals surface area contributed by atoms with Gasteiger partial charge in [-0.2, -0.15) is 5.26 Å². The Balaban J connectivity index is 2.38. The summed E-state index contributed by atoms with van der Waals surface area (Å²) in [6.45, 7) is 4.08. The van der Waals surface area contributed by atoms with Crippen LogP contribution in [-0.4, -0.2) is 25.1 Å². The minimum Gasteiger partial charge on any atom is -0.494 e. The lowest BCUT2D eigenvalue weighted by molar-refractivity contribution is -0.139. The normalized spacial score (nSPS) is 16.8. The summed E-state index contributed by atoms with van der Waals surface area (Å²) in [5.74, 6) is 0.350. The van der Waals surface area contributed by atoms with Crippen LogP contribution in [-0.2, 0) is 14.3 Å². The largest absolute Gasteiger partial charge is 0.494 e. The highest BCUT2D eigenvalue weighted by Crippen LogP contribution is 2.39. The highest BCUT2D eigenvalue weighted by molar-refractivity contribution is 6.17. The van der Waals surface area contributed by atoms with Crippen LogP contribution in [0.5, 0.6) is 5.75 Å². The fraction of sp³-hybridized carbons (Fsp3) is 0.368. The number of nitrogens with zero attached hydrogens (tertiary/aromatic N) is 1. The van der Waals surface area contributed by atoms with Crippen LogP contribution < -0.4 is 10.5 Å². The molecular weight excluding hydrogens is 356 g/mol. The van der Waals surface area contributed by atoms with Crippen molar-refractivity contribution in [2.45, 2.75) is 26.2 Å². The molecule has 0 amide bonds. The van der Waals surface area contributed by atoms with E-state index in [1.807, 2.05) is 6.07 Å². The topological polar surface area (TPSA) is 94.6 Å². The van der Waals surface area contributed by atoms with E-state index in [4.69, 9.17) is 31.5 Å². The minimum absolute atomic E-state index is 0.00881. The molecule has 1 unspecified atom stereocenters. The van der Waals surface area contributed by atoms with Crippen LogP contribution in [0.1, 0.15) is 31.7 Å². The molecule has 0 radical (unpaired) electrons. The van der Waals surface area contributed by atoms with E-state index in [1.54, 1.807) is 38.1 Å². The number of esters is 1. The molecule has 138 valence electrons. The molecule has 0 saturated carbocycles. The molecule has 1 aromatic carbocycles. The summed E-state index contributed by atoms with van der Waals surface area (Å²) in [4.78, 5) is 12.4. The number of hydrogen-bond acceptors (Lipinski definition) is 6. The number of benzene rings is 1. The predicted molar refractivity (Wildman–Crippen MR) is 97.3 cm³/mol. The Kier molecular flexibility index (Phi) is 6.93. The Bertz CT molecular complexity index is 763. The molecule has 0 saturated heterocycles. The number of halogens is 1. The number of allylic oxidation sites excluding steroid dienone is 2. The minimum atomic E-state index is -0.648. The monoisotopic (exact) mass is 376 g/mol. The number of carbonyl (C=O) groups excluding carboxylic acids is 1. The summed E-state index contributed by atoms with van der Waals surface area (Å²) < 4.78 is 16.1. The van der Waals surface area contributed by atoms with Crippen molar-refractivity contribution in [2.24, 2.45) is 5.73 Å². The Morgan fingerprint density at radius 1 is 1.38 bits per heavy atom. The maximum atomic E-state index is 12.4. The molecular formula is C19H21ClN2O4. The SMILES string of the molecule is CCOC(=O)C1=C(C)OC(N)=C(C#N)C1c1ccc(OCCCCl)cc1. The zero-order chi connectivity index (χ0) is 19.1. The van der Waals surface area contributed by atoms with E-state index in [2.05, 4.69) is 0 Å². The lowest BCUT2D eigenvalue weighted by atomic mass is 9.83. The Morgan fingerprint density at radius 3 is 2.65 bits per heavy atom. The number of carbonyl (C=O) groups is 1. The molecule has 1 aliphatic heterocycles. The van der Waals surface area contributed by atoms with Crippen molar-refractivity contribution < 1.29 is 19.0 Å². The molecule has 0 aliphatic carbocycles. The standard InChI is InChI=1S/C19H21ClN2O4/c1-3-24-19(23)16-12(2)26-18(22)15(11-21)17(16)13-5-7-14(8-6-13)25-10-4-9-20/h5-8,17H,3-4,9-10,22H2,1-2H3. The smallest absolute Gasteiger partial charge is 0.338 e. The van der Waals surface area contributed by atoms with Crippen LogP contribution in [0.25, 0.3) is 0 Å². The first kappa shape index (κ1) is 19.7. The second kappa shape index (κ2) is 9.16. The van der Waals surface area contributed by atoms with E-state index >= 15 is 0 Å². The van der Waals surface area contributed by atoms with Crippen molar-refractivity contribution in [2.75, 3.05) is 19.1 Å². The van der Waals surface area contributed by atoms with Crippen LogP contribution in [0, 0.1) is 11.3 Å². The van der Waals surface area contributed by atoms with Crippen LogP contribution in [0.2, 0.25) is 0 Å². The Labute approximate surface area is 157 Å². The van der Waals surface area contributed by atoms with Gasteiger partial charge in [0.1, 0.15) is 23.2 Å².